The van der Waals surface area contributed by atoms with E-state index in [1.807, 2.05) is 13.8 Å². The Morgan fingerprint density at radius 2 is 1.54 bits per heavy atom. The highest BCUT2D eigenvalue weighted by molar-refractivity contribution is 5.78. The molecule has 0 aliphatic heterocycles. The zero-order valence-electron chi connectivity index (χ0n) is 17.5. The molecule has 0 aliphatic carbocycles. The minimum absolute atomic E-state index is 0.157. The molecule has 0 aromatic carbocycles. The fourth-order valence-corrected chi connectivity index (χ4v) is 2.50. The molecule has 5 heteroatoms. The average Bonchev–Trinajstić information content (AvgIpc) is 2.62. The molecule has 0 bridgehead atoms. The lowest BCUT2D eigenvalue weighted by molar-refractivity contribution is -0.145. The minimum Gasteiger partial charge on any atom is -0.467 e. The summed E-state index contributed by atoms with van der Waals surface area (Å²) in [6.45, 7) is 8.02. The normalized spacial score (nSPS) is 13.0. The summed E-state index contributed by atoms with van der Waals surface area (Å²) in [5, 5.41) is 0. The van der Waals surface area contributed by atoms with Gasteiger partial charge in [0.2, 0.25) is 0 Å². The van der Waals surface area contributed by atoms with Crippen LogP contribution in [0.1, 0.15) is 91.9 Å². The number of methoxy groups -OCH3 is 1. The Kier molecular flexibility index (Phi) is 14.0. The summed E-state index contributed by atoms with van der Waals surface area (Å²) in [6, 6.07) is -0.544. The van der Waals surface area contributed by atoms with Crippen molar-refractivity contribution in [3.63, 3.8) is 0 Å². The summed E-state index contributed by atoms with van der Waals surface area (Å²) in [6.07, 6.45) is 13.2. The molecular formula is C21H39NO4. The topological polar surface area (TPSA) is 65.0 Å². The Morgan fingerprint density at radius 1 is 1.00 bits per heavy atom. The van der Waals surface area contributed by atoms with Crippen molar-refractivity contribution in [2.24, 2.45) is 10.4 Å². The number of aliphatic imine (C=N–C) groups is 1. The van der Waals surface area contributed by atoms with Crippen LogP contribution < -0.4 is 0 Å². The zero-order chi connectivity index (χ0) is 19.8. The van der Waals surface area contributed by atoms with Crippen LogP contribution in [0, 0.1) is 5.41 Å². The van der Waals surface area contributed by atoms with Gasteiger partial charge in [-0.2, -0.15) is 0 Å². The van der Waals surface area contributed by atoms with Gasteiger partial charge in [-0.05, 0) is 13.3 Å². The fraction of sp³-hybridized carbons (Fsp3) is 0.857. The van der Waals surface area contributed by atoms with E-state index in [2.05, 4.69) is 16.7 Å². The quantitative estimate of drug-likeness (QED) is 0.229. The van der Waals surface area contributed by atoms with Crippen LogP contribution in [-0.4, -0.2) is 37.9 Å². The van der Waals surface area contributed by atoms with Gasteiger partial charge in [-0.15, -0.1) is 0 Å². The predicted octanol–water partition coefficient (Wildman–Crippen LogP) is 5.11. The minimum atomic E-state index is -0.544. The van der Waals surface area contributed by atoms with E-state index in [0.717, 1.165) is 12.8 Å². The zero-order valence-corrected chi connectivity index (χ0v) is 17.5. The third-order valence-electron chi connectivity index (χ3n) is 4.28. The number of hydrogen-bond acceptors (Lipinski definition) is 5. The number of rotatable bonds is 15. The van der Waals surface area contributed by atoms with E-state index in [0.29, 0.717) is 6.42 Å². The molecule has 0 saturated carbocycles. The Morgan fingerprint density at radius 3 is 2.08 bits per heavy atom. The summed E-state index contributed by atoms with van der Waals surface area (Å²) in [5.74, 6) is -0.533. The van der Waals surface area contributed by atoms with E-state index < -0.39 is 11.5 Å². The molecule has 0 spiro atoms. The summed E-state index contributed by atoms with van der Waals surface area (Å²) >= 11 is 0. The number of hydrogen-bond donors (Lipinski definition) is 0. The molecule has 0 rings (SSSR count). The van der Waals surface area contributed by atoms with E-state index in [-0.39, 0.29) is 18.5 Å². The van der Waals surface area contributed by atoms with Crippen LogP contribution >= 0.6 is 0 Å². The van der Waals surface area contributed by atoms with Crippen molar-refractivity contribution in [3.05, 3.63) is 0 Å². The molecule has 152 valence electrons. The maximum Gasteiger partial charge on any atom is 0.330 e. The van der Waals surface area contributed by atoms with Crippen LogP contribution in [0.3, 0.4) is 0 Å². The molecule has 0 saturated heterocycles. The lowest BCUT2D eigenvalue weighted by atomic mass is 9.97. The van der Waals surface area contributed by atoms with Crippen molar-refractivity contribution in [1.82, 2.24) is 0 Å². The Bertz CT molecular complexity index is 418. The molecule has 0 amide bonds. The molecule has 0 N–H and O–H groups in total. The lowest BCUT2D eigenvalue weighted by Crippen LogP contribution is -2.25. The maximum absolute atomic E-state index is 11.8. The van der Waals surface area contributed by atoms with Crippen molar-refractivity contribution < 1.29 is 19.1 Å². The van der Waals surface area contributed by atoms with E-state index in [1.54, 1.807) is 13.1 Å². The molecule has 0 aromatic rings. The van der Waals surface area contributed by atoms with Crippen molar-refractivity contribution in [2.45, 2.75) is 97.9 Å². The van der Waals surface area contributed by atoms with Gasteiger partial charge in [0.05, 0.1) is 7.11 Å². The smallest absolute Gasteiger partial charge is 0.330 e. The largest absolute Gasteiger partial charge is 0.467 e. The van der Waals surface area contributed by atoms with Gasteiger partial charge in [-0.3, -0.25) is 9.79 Å². The first-order valence-corrected chi connectivity index (χ1v) is 10.1. The van der Waals surface area contributed by atoms with Crippen LogP contribution in [0.25, 0.3) is 0 Å². The van der Waals surface area contributed by atoms with E-state index >= 15 is 0 Å². The molecule has 0 aromatic heterocycles. The van der Waals surface area contributed by atoms with Crippen LogP contribution in [0.5, 0.6) is 0 Å². The number of unbranched alkanes of at least 4 members (excludes halogenated alkanes) is 8. The average molecular weight is 370 g/mol. The highest BCUT2D eigenvalue weighted by Gasteiger charge is 2.19. The molecule has 1 atom stereocenters. The van der Waals surface area contributed by atoms with Crippen molar-refractivity contribution in [3.8, 4) is 0 Å². The highest BCUT2D eigenvalue weighted by atomic mass is 16.5. The van der Waals surface area contributed by atoms with Gasteiger partial charge in [0.25, 0.3) is 0 Å². The van der Waals surface area contributed by atoms with Gasteiger partial charge in [0.15, 0.2) is 0 Å². The third kappa shape index (κ3) is 13.9. The molecule has 0 heterocycles. The Balaban J connectivity index is 3.80. The van der Waals surface area contributed by atoms with Crippen molar-refractivity contribution in [2.75, 3.05) is 13.7 Å². The van der Waals surface area contributed by atoms with Gasteiger partial charge in [0, 0.05) is 18.1 Å². The molecule has 0 fully saturated rings. The number of carbonyl (C=O) groups is 2. The predicted molar refractivity (Wildman–Crippen MR) is 107 cm³/mol. The lowest BCUT2D eigenvalue weighted by Gasteiger charge is -2.19. The number of carbonyl (C=O) groups excluding carboxylic acids is 2. The Labute approximate surface area is 159 Å². The number of esters is 2. The second-order valence-electron chi connectivity index (χ2n) is 7.70. The van der Waals surface area contributed by atoms with Gasteiger partial charge < -0.3 is 9.47 Å². The molecule has 0 aliphatic rings. The number of nitrogens with zero attached hydrogens (tertiary/aromatic N) is 1. The monoisotopic (exact) mass is 369 g/mol. The molecular weight excluding hydrogens is 330 g/mol. The van der Waals surface area contributed by atoms with E-state index in [9.17, 15) is 9.59 Å². The van der Waals surface area contributed by atoms with Crippen LogP contribution in [0.15, 0.2) is 4.99 Å². The summed E-state index contributed by atoms with van der Waals surface area (Å²) in [4.78, 5) is 27.4. The highest BCUT2D eigenvalue weighted by Crippen LogP contribution is 2.15. The van der Waals surface area contributed by atoms with Crippen LogP contribution in [0.4, 0.5) is 0 Å². The molecule has 5 nitrogen and oxygen atoms in total. The van der Waals surface area contributed by atoms with E-state index in [4.69, 9.17) is 4.74 Å². The summed E-state index contributed by atoms with van der Waals surface area (Å²) < 4.78 is 9.99. The van der Waals surface area contributed by atoms with Crippen molar-refractivity contribution >= 4 is 18.2 Å². The van der Waals surface area contributed by atoms with Gasteiger partial charge in [-0.25, -0.2) is 4.79 Å². The standard InChI is InChI=1S/C21H39NO4/c1-6-7-8-9-10-11-12-13-14-15-19(23)26-17-21(3,4)16-22-18(2)20(24)25-5/h16,18H,6-15,17H2,1-5H3/b22-16+. The second-order valence-corrected chi connectivity index (χ2v) is 7.70. The first-order chi connectivity index (χ1) is 12.3. The first-order valence-electron chi connectivity index (χ1n) is 10.1. The fourth-order valence-electron chi connectivity index (χ4n) is 2.50. The molecule has 26 heavy (non-hydrogen) atoms. The SMILES string of the molecule is CCCCCCCCCCCC(=O)OCC(C)(C)/C=N/C(C)C(=O)OC. The summed E-state index contributed by atoms with van der Waals surface area (Å²) in [7, 11) is 1.34. The molecule has 1 unspecified atom stereocenters. The second kappa shape index (κ2) is 14.7. The van der Waals surface area contributed by atoms with Gasteiger partial charge in [0.1, 0.15) is 12.6 Å². The van der Waals surface area contributed by atoms with Crippen LogP contribution in [-0.2, 0) is 19.1 Å². The van der Waals surface area contributed by atoms with Crippen molar-refractivity contribution in [1.29, 1.82) is 0 Å². The van der Waals surface area contributed by atoms with E-state index in [1.165, 1.54) is 52.1 Å². The Hall–Kier alpha value is -1.39. The molecule has 0 radical (unpaired) electrons. The third-order valence-corrected chi connectivity index (χ3v) is 4.28. The van der Waals surface area contributed by atoms with Crippen LogP contribution in [0.2, 0.25) is 0 Å². The first kappa shape index (κ1) is 24.6. The van der Waals surface area contributed by atoms with Gasteiger partial charge in [-0.1, -0.05) is 72.1 Å². The van der Waals surface area contributed by atoms with Gasteiger partial charge >= 0.3 is 11.9 Å². The number of ether oxygens (including phenoxy) is 2. The maximum atomic E-state index is 11.8. The summed E-state index contributed by atoms with van der Waals surface area (Å²) in [5.41, 5.74) is -0.406.